The van der Waals surface area contributed by atoms with Gasteiger partial charge in [-0.1, -0.05) is 117 Å². The number of carboxylic acids is 2. The van der Waals surface area contributed by atoms with Gasteiger partial charge in [0.1, 0.15) is 0 Å². The minimum Gasteiger partial charge on any atom is -0.481 e. The van der Waals surface area contributed by atoms with Crippen molar-refractivity contribution in [1.29, 1.82) is 0 Å². The molecule has 1 saturated carbocycles. The van der Waals surface area contributed by atoms with E-state index in [1.165, 1.54) is 57.8 Å². The van der Waals surface area contributed by atoms with Gasteiger partial charge in [-0.2, -0.15) is 0 Å². The van der Waals surface area contributed by atoms with Crippen LogP contribution >= 0.6 is 0 Å². The van der Waals surface area contributed by atoms with E-state index in [0.717, 1.165) is 50.9 Å². The van der Waals surface area contributed by atoms with Crippen molar-refractivity contribution in [2.75, 3.05) is 0 Å². The van der Waals surface area contributed by atoms with Gasteiger partial charge in [0.25, 0.3) is 0 Å². The van der Waals surface area contributed by atoms with Gasteiger partial charge < -0.3 is 10.2 Å². The fourth-order valence-corrected chi connectivity index (χ4v) is 5.89. The lowest BCUT2D eigenvalue weighted by Crippen LogP contribution is -2.47. The predicted octanol–water partition coefficient (Wildman–Crippen LogP) is 8.48. The number of aliphatic carboxylic acids is 2. The molecule has 0 aromatic heterocycles. The third kappa shape index (κ3) is 10.3. The maximum absolute atomic E-state index is 12.5. The molecule has 3 atom stereocenters. The summed E-state index contributed by atoms with van der Waals surface area (Å²) in [6, 6.07) is 0. The van der Waals surface area contributed by atoms with Crippen molar-refractivity contribution in [3.05, 3.63) is 0 Å². The van der Waals surface area contributed by atoms with Gasteiger partial charge in [-0.3, -0.25) is 9.59 Å². The Labute approximate surface area is 197 Å². The fourth-order valence-electron chi connectivity index (χ4n) is 5.89. The molecule has 3 unspecified atom stereocenters. The highest BCUT2D eigenvalue weighted by Gasteiger charge is 2.52. The summed E-state index contributed by atoms with van der Waals surface area (Å²) in [6.07, 6.45) is 20.0. The largest absolute Gasteiger partial charge is 0.481 e. The molecule has 0 amide bonds. The van der Waals surface area contributed by atoms with Crippen molar-refractivity contribution in [3.8, 4) is 0 Å². The van der Waals surface area contributed by atoms with Crippen molar-refractivity contribution in [3.63, 3.8) is 0 Å². The van der Waals surface area contributed by atoms with Crippen molar-refractivity contribution < 1.29 is 19.8 Å². The van der Waals surface area contributed by atoms with Gasteiger partial charge in [-0.15, -0.1) is 0 Å². The molecule has 32 heavy (non-hydrogen) atoms. The van der Waals surface area contributed by atoms with E-state index >= 15 is 0 Å². The van der Waals surface area contributed by atoms with Crippen LogP contribution in [0.1, 0.15) is 143 Å². The number of unbranched alkanes of at least 4 members (excludes halogenated alkanes) is 11. The average molecular weight is 453 g/mol. The lowest BCUT2D eigenvalue weighted by molar-refractivity contribution is -0.164. The Morgan fingerprint density at radius 1 is 0.844 bits per heavy atom. The molecule has 4 heteroatoms. The SMILES string of the molecule is CCCCCCCCCCCC1C(C(=O)O)CCCC1(CCCCCCC(C)C)C(=O)O. The maximum Gasteiger partial charge on any atom is 0.309 e. The molecule has 0 saturated heterocycles. The van der Waals surface area contributed by atoms with Crippen molar-refractivity contribution in [2.24, 2.45) is 23.2 Å². The quantitative estimate of drug-likeness (QED) is 0.193. The first-order valence-electron chi connectivity index (χ1n) is 13.8. The summed E-state index contributed by atoms with van der Waals surface area (Å²) in [7, 11) is 0. The van der Waals surface area contributed by atoms with Crippen LogP contribution in [0.15, 0.2) is 0 Å². The highest BCUT2D eigenvalue weighted by Crippen LogP contribution is 2.50. The van der Waals surface area contributed by atoms with Crippen molar-refractivity contribution in [2.45, 2.75) is 143 Å². The molecular formula is C28H52O4. The molecule has 0 aromatic rings. The average Bonchev–Trinajstić information content (AvgIpc) is 2.74. The van der Waals surface area contributed by atoms with Crippen molar-refractivity contribution in [1.82, 2.24) is 0 Å². The van der Waals surface area contributed by atoms with Crippen LogP contribution in [-0.4, -0.2) is 22.2 Å². The van der Waals surface area contributed by atoms with Crippen LogP contribution in [0.25, 0.3) is 0 Å². The van der Waals surface area contributed by atoms with E-state index < -0.39 is 23.3 Å². The second-order valence-corrected chi connectivity index (χ2v) is 10.9. The third-order valence-electron chi connectivity index (χ3n) is 7.85. The lowest BCUT2D eigenvalue weighted by atomic mass is 9.58. The van der Waals surface area contributed by atoms with Crippen LogP contribution in [0, 0.1) is 23.2 Å². The fraction of sp³-hybridized carbons (Fsp3) is 0.929. The minimum atomic E-state index is -0.834. The first-order valence-corrected chi connectivity index (χ1v) is 13.8. The molecule has 0 heterocycles. The van der Waals surface area contributed by atoms with Crippen LogP contribution in [0.2, 0.25) is 0 Å². The van der Waals surface area contributed by atoms with E-state index in [2.05, 4.69) is 20.8 Å². The summed E-state index contributed by atoms with van der Waals surface area (Å²) in [5.41, 5.74) is -0.834. The molecule has 0 bridgehead atoms. The van der Waals surface area contributed by atoms with E-state index in [0.29, 0.717) is 19.3 Å². The zero-order chi connectivity index (χ0) is 23.8. The molecule has 0 radical (unpaired) electrons. The summed E-state index contributed by atoms with van der Waals surface area (Å²) in [4.78, 5) is 24.6. The van der Waals surface area contributed by atoms with E-state index in [9.17, 15) is 19.8 Å². The van der Waals surface area contributed by atoms with Gasteiger partial charge in [0.05, 0.1) is 11.3 Å². The Balaban J connectivity index is 2.59. The van der Waals surface area contributed by atoms with Gasteiger partial charge in [0.15, 0.2) is 0 Å². The molecule has 1 aliphatic carbocycles. The van der Waals surface area contributed by atoms with E-state index in [4.69, 9.17) is 0 Å². The Hall–Kier alpha value is -1.06. The van der Waals surface area contributed by atoms with Crippen LogP contribution in [0.5, 0.6) is 0 Å². The number of carbonyl (C=O) groups is 2. The summed E-state index contributed by atoms with van der Waals surface area (Å²) in [5, 5.41) is 20.2. The molecule has 1 rings (SSSR count). The monoisotopic (exact) mass is 452 g/mol. The maximum atomic E-state index is 12.5. The highest BCUT2D eigenvalue weighted by atomic mass is 16.4. The smallest absolute Gasteiger partial charge is 0.309 e. The second kappa shape index (κ2) is 16.5. The van der Waals surface area contributed by atoms with Crippen molar-refractivity contribution >= 4 is 11.9 Å². The zero-order valence-corrected chi connectivity index (χ0v) is 21.4. The first-order chi connectivity index (χ1) is 15.3. The van der Waals surface area contributed by atoms with E-state index in [1.54, 1.807) is 0 Å². The number of rotatable bonds is 19. The Bertz CT molecular complexity index is 516. The van der Waals surface area contributed by atoms with Gasteiger partial charge >= 0.3 is 11.9 Å². The van der Waals surface area contributed by atoms with Gasteiger partial charge in [0.2, 0.25) is 0 Å². The Morgan fingerprint density at radius 3 is 1.97 bits per heavy atom. The molecule has 0 aromatic carbocycles. The van der Waals surface area contributed by atoms with Gasteiger partial charge in [0, 0.05) is 0 Å². The zero-order valence-electron chi connectivity index (χ0n) is 21.4. The van der Waals surface area contributed by atoms with Crippen LogP contribution in [0.3, 0.4) is 0 Å². The molecule has 0 spiro atoms. The molecule has 4 nitrogen and oxygen atoms in total. The minimum absolute atomic E-state index is 0.216. The van der Waals surface area contributed by atoms with Gasteiger partial charge in [-0.25, -0.2) is 0 Å². The highest BCUT2D eigenvalue weighted by molar-refractivity contribution is 5.78. The first kappa shape index (κ1) is 29.0. The molecule has 1 fully saturated rings. The molecule has 188 valence electrons. The van der Waals surface area contributed by atoms with Crippen LogP contribution < -0.4 is 0 Å². The van der Waals surface area contributed by atoms with E-state index in [-0.39, 0.29) is 5.92 Å². The standard InChI is InChI=1S/C28H52O4/c1-4-5-6-7-8-9-10-11-15-20-25-24(26(29)30)19-17-22-28(25,27(31)32)21-16-13-12-14-18-23(2)3/h23-25H,4-22H2,1-3H3,(H,29,30)(H,31,32). The molecular weight excluding hydrogens is 400 g/mol. The topological polar surface area (TPSA) is 74.6 Å². The summed E-state index contributed by atoms with van der Waals surface area (Å²) >= 11 is 0. The number of hydrogen-bond acceptors (Lipinski definition) is 2. The van der Waals surface area contributed by atoms with Crippen LogP contribution in [-0.2, 0) is 9.59 Å². The molecule has 2 N–H and O–H groups in total. The number of carboxylic acid groups (broad SMARTS) is 2. The third-order valence-corrected chi connectivity index (χ3v) is 7.85. The van der Waals surface area contributed by atoms with Gasteiger partial charge in [-0.05, 0) is 37.5 Å². The molecule has 1 aliphatic rings. The summed E-state index contributed by atoms with van der Waals surface area (Å²) in [6.45, 7) is 6.72. The second-order valence-electron chi connectivity index (χ2n) is 10.9. The summed E-state index contributed by atoms with van der Waals surface area (Å²) < 4.78 is 0. The van der Waals surface area contributed by atoms with Crippen LogP contribution in [0.4, 0.5) is 0 Å². The normalized spacial score (nSPS) is 23.5. The molecule has 0 aliphatic heterocycles. The Kier molecular flexibility index (Phi) is 15.0. The predicted molar refractivity (Wildman–Crippen MR) is 133 cm³/mol. The van der Waals surface area contributed by atoms with E-state index in [1.807, 2.05) is 0 Å². The lowest BCUT2D eigenvalue weighted by Gasteiger charge is -2.44. The Morgan fingerprint density at radius 2 is 1.41 bits per heavy atom. The summed E-state index contributed by atoms with van der Waals surface area (Å²) in [5.74, 6) is -1.52. The number of hydrogen-bond donors (Lipinski definition) is 2.